The first-order valence-electron chi connectivity index (χ1n) is 9.21. The van der Waals surface area contributed by atoms with Crippen LogP contribution in [0.2, 0.25) is 0 Å². The van der Waals surface area contributed by atoms with Gasteiger partial charge in [0.1, 0.15) is 0 Å². The molecule has 3 heterocycles. The van der Waals surface area contributed by atoms with Gasteiger partial charge in [-0.2, -0.15) is 4.31 Å². The van der Waals surface area contributed by atoms with Crippen LogP contribution in [0.1, 0.15) is 5.56 Å². The molecular formula is C19H24N6O2S. The van der Waals surface area contributed by atoms with Crippen molar-refractivity contribution in [3.05, 3.63) is 48.2 Å². The van der Waals surface area contributed by atoms with E-state index in [-0.39, 0.29) is 0 Å². The Labute approximate surface area is 166 Å². The zero-order valence-electron chi connectivity index (χ0n) is 16.0. The summed E-state index contributed by atoms with van der Waals surface area (Å²) in [6.45, 7) is 4.16. The minimum atomic E-state index is -2.01. The number of rotatable bonds is 5. The smallest absolute Gasteiger partial charge is 0.243 e. The van der Waals surface area contributed by atoms with Crippen molar-refractivity contribution >= 4 is 22.7 Å². The van der Waals surface area contributed by atoms with Crippen molar-refractivity contribution in [3.8, 4) is 11.3 Å². The Morgan fingerprint density at radius 3 is 2.64 bits per heavy atom. The maximum Gasteiger partial charge on any atom is 0.243 e. The van der Waals surface area contributed by atoms with Crippen molar-refractivity contribution in [1.82, 2.24) is 23.8 Å². The van der Waals surface area contributed by atoms with Gasteiger partial charge in [-0.15, -0.1) is 5.10 Å². The first kappa shape index (κ1) is 19.0. The van der Waals surface area contributed by atoms with Crippen LogP contribution in [0.15, 0.2) is 42.6 Å². The third-order valence-electron chi connectivity index (χ3n) is 5.13. The van der Waals surface area contributed by atoms with Crippen LogP contribution in [-0.2, 0) is 17.8 Å². The Morgan fingerprint density at radius 1 is 1.14 bits per heavy atom. The highest BCUT2D eigenvalue weighted by atomic mass is 32.2. The fourth-order valence-corrected chi connectivity index (χ4v) is 3.70. The van der Waals surface area contributed by atoms with Crippen molar-refractivity contribution in [2.75, 3.05) is 45.2 Å². The average molecular weight is 401 g/mol. The fourth-order valence-electron chi connectivity index (χ4n) is 3.45. The van der Waals surface area contributed by atoms with Crippen molar-refractivity contribution < 1.29 is 8.76 Å². The van der Waals surface area contributed by atoms with Gasteiger partial charge in [-0.3, -0.25) is 4.55 Å². The largest absolute Gasteiger partial charge is 0.337 e. The quantitative estimate of drug-likeness (QED) is 0.657. The molecular weight excluding hydrogens is 376 g/mol. The molecule has 1 atom stereocenters. The molecule has 1 aliphatic heterocycles. The van der Waals surface area contributed by atoms with E-state index in [1.807, 2.05) is 47.1 Å². The molecule has 0 saturated carbocycles. The number of likely N-dealkylation sites (N-methyl/N-ethyl adjacent to an activating group) is 1. The minimum absolute atomic E-state index is 0.364. The molecule has 0 aliphatic carbocycles. The summed E-state index contributed by atoms with van der Waals surface area (Å²) >= 11 is -2.01. The molecule has 0 bridgehead atoms. The van der Waals surface area contributed by atoms with E-state index in [1.54, 1.807) is 7.05 Å². The SMILES string of the molecule is CN1CCN(c2ncc3ccc(-c4ccccc4CN(C)S(=O)O)n3n2)CC1. The molecule has 3 aromatic rings. The van der Waals surface area contributed by atoms with Gasteiger partial charge in [-0.05, 0) is 24.7 Å². The summed E-state index contributed by atoms with van der Waals surface area (Å²) in [6, 6.07) is 11.9. The van der Waals surface area contributed by atoms with E-state index in [0.717, 1.165) is 54.5 Å². The topological polar surface area (TPSA) is 77.2 Å². The number of nitrogens with zero attached hydrogens (tertiary/aromatic N) is 6. The van der Waals surface area contributed by atoms with Gasteiger partial charge in [-0.1, -0.05) is 24.3 Å². The Bertz CT molecular complexity index is 999. The third kappa shape index (κ3) is 3.79. The first-order chi connectivity index (χ1) is 13.5. The number of benzene rings is 1. The second-order valence-corrected chi connectivity index (χ2v) is 8.16. The van der Waals surface area contributed by atoms with Crippen LogP contribution >= 0.6 is 0 Å². The number of fused-ring (bicyclic) bond motifs is 1. The highest BCUT2D eigenvalue weighted by Crippen LogP contribution is 2.27. The van der Waals surface area contributed by atoms with Gasteiger partial charge in [-0.25, -0.2) is 13.7 Å². The monoisotopic (exact) mass is 400 g/mol. The lowest BCUT2D eigenvalue weighted by Crippen LogP contribution is -2.45. The molecule has 1 fully saturated rings. The second kappa shape index (κ2) is 7.96. The van der Waals surface area contributed by atoms with E-state index in [1.165, 1.54) is 4.31 Å². The Balaban J connectivity index is 1.72. The molecule has 1 aromatic carbocycles. The van der Waals surface area contributed by atoms with Crippen LogP contribution in [0.25, 0.3) is 16.8 Å². The number of hydrogen-bond acceptors (Lipinski definition) is 5. The molecule has 1 saturated heterocycles. The van der Waals surface area contributed by atoms with E-state index < -0.39 is 11.3 Å². The van der Waals surface area contributed by atoms with Gasteiger partial charge in [0.15, 0.2) is 0 Å². The normalized spacial score (nSPS) is 16.8. The standard InChI is InChI=1S/C19H24N6O2S/c1-22-9-11-24(12-10-22)19-20-13-16-7-8-18(25(16)21-19)17-6-4-3-5-15(17)14-23(2)28(26)27/h3-8,13H,9-12,14H2,1-2H3,(H,26,27). The van der Waals surface area contributed by atoms with Gasteiger partial charge in [0.2, 0.25) is 17.2 Å². The summed E-state index contributed by atoms with van der Waals surface area (Å²) in [5.41, 5.74) is 3.82. The first-order valence-corrected chi connectivity index (χ1v) is 10.3. The number of anilines is 1. The van der Waals surface area contributed by atoms with Crippen molar-refractivity contribution in [1.29, 1.82) is 0 Å². The van der Waals surface area contributed by atoms with Gasteiger partial charge in [0.25, 0.3) is 0 Å². The molecule has 28 heavy (non-hydrogen) atoms. The van der Waals surface area contributed by atoms with Crippen molar-refractivity contribution in [2.45, 2.75) is 6.54 Å². The Kier molecular flexibility index (Phi) is 5.40. The third-order valence-corrected chi connectivity index (χ3v) is 5.79. The number of hydrogen-bond donors (Lipinski definition) is 1. The molecule has 1 unspecified atom stereocenters. The van der Waals surface area contributed by atoms with E-state index in [9.17, 15) is 8.76 Å². The molecule has 9 heteroatoms. The van der Waals surface area contributed by atoms with Gasteiger partial charge in [0, 0.05) is 45.3 Å². The second-order valence-electron chi connectivity index (χ2n) is 7.08. The predicted molar refractivity (Wildman–Crippen MR) is 110 cm³/mol. The highest BCUT2D eigenvalue weighted by Gasteiger charge is 2.18. The van der Waals surface area contributed by atoms with Crippen molar-refractivity contribution in [3.63, 3.8) is 0 Å². The van der Waals surface area contributed by atoms with Crippen LogP contribution in [0, 0.1) is 0 Å². The summed E-state index contributed by atoms with van der Waals surface area (Å²) in [5.74, 6) is 0.726. The lowest BCUT2D eigenvalue weighted by molar-refractivity contribution is 0.310. The summed E-state index contributed by atoms with van der Waals surface area (Å²) in [7, 11) is 3.75. The Hall–Kier alpha value is -2.33. The van der Waals surface area contributed by atoms with Gasteiger partial charge >= 0.3 is 0 Å². The molecule has 0 amide bonds. The summed E-state index contributed by atoms with van der Waals surface area (Å²) in [6.07, 6.45) is 1.85. The molecule has 2 aromatic heterocycles. The summed E-state index contributed by atoms with van der Waals surface area (Å²) < 4.78 is 24.0. The van der Waals surface area contributed by atoms with E-state index in [4.69, 9.17) is 5.10 Å². The van der Waals surface area contributed by atoms with Crippen LogP contribution in [0.3, 0.4) is 0 Å². The van der Waals surface area contributed by atoms with E-state index in [2.05, 4.69) is 21.8 Å². The zero-order valence-corrected chi connectivity index (χ0v) is 16.8. The number of piperazine rings is 1. The van der Waals surface area contributed by atoms with E-state index >= 15 is 0 Å². The Morgan fingerprint density at radius 2 is 1.89 bits per heavy atom. The summed E-state index contributed by atoms with van der Waals surface area (Å²) in [4.78, 5) is 9.06. The lowest BCUT2D eigenvalue weighted by Gasteiger charge is -2.32. The molecule has 0 spiro atoms. The summed E-state index contributed by atoms with van der Waals surface area (Å²) in [5, 5.41) is 4.81. The number of aromatic nitrogens is 3. The molecule has 148 valence electrons. The van der Waals surface area contributed by atoms with Crippen LogP contribution in [-0.4, -0.2) is 72.8 Å². The molecule has 4 rings (SSSR count). The van der Waals surface area contributed by atoms with Crippen LogP contribution < -0.4 is 4.90 Å². The molecule has 8 nitrogen and oxygen atoms in total. The lowest BCUT2D eigenvalue weighted by atomic mass is 10.0. The van der Waals surface area contributed by atoms with Crippen molar-refractivity contribution in [2.24, 2.45) is 0 Å². The maximum atomic E-state index is 11.4. The maximum absolute atomic E-state index is 11.4. The minimum Gasteiger partial charge on any atom is -0.337 e. The predicted octanol–water partition coefficient (Wildman–Crippen LogP) is 1.72. The highest BCUT2D eigenvalue weighted by molar-refractivity contribution is 7.76. The molecule has 1 aliphatic rings. The molecule has 0 radical (unpaired) electrons. The van der Waals surface area contributed by atoms with Crippen LogP contribution in [0.4, 0.5) is 5.95 Å². The van der Waals surface area contributed by atoms with Crippen LogP contribution in [0.5, 0.6) is 0 Å². The average Bonchev–Trinajstić information content (AvgIpc) is 3.12. The van der Waals surface area contributed by atoms with Gasteiger partial charge in [0.05, 0.1) is 17.4 Å². The fraction of sp³-hybridized carbons (Fsp3) is 0.368. The van der Waals surface area contributed by atoms with Gasteiger partial charge < -0.3 is 9.80 Å². The molecule has 1 N–H and O–H groups in total. The van der Waals surface area contributed by atoms with E-state index in [0.29, 0.717) is 6.54 Å². The zero-order chi connectivity index (χ0) is 19.7.